The molecule has 0 radical (unpaired) electrons. The number of ether oxygens (including phenoxy) is 1. The number of methoxy groups -OCH3 is 1. The molecule has 0 saturated carbocycles. The molecule has 2 N–H and O–H groups in total. The average molecular weight is 364 g/mol. The van der Waals surface area contributed by atoms with Crippen LogP contribution in [0.5, 0.6) is 5.75 Å². The largest absolute Gasteiger partial charge is 0.494 e. The molecule has 27 heavy (non-hydrogen) atoms. The van der Waals surface area contributed by atoms with Crippen molar-refractivity contribution in [2.45, 2.75) is 33.3 Å². The molecule has 3 aromatic rings. The fourth-order valence-electron chi connectivity index (χ4n) is 3.11. The number of aliphatic hydroxyl groups is 1. The second-order valence-electron chi connectivity index (χ2n) is 6.51. The molecule has 5 nitrogen and oxygen atoms in total. The number of aromatic nitrogens is 1. The molecule has 2 aromatic carbocycles. The van der Waals surface area contributed by atoms with Gasteiger partial charge in [0, 0.05) is 23.7 Å². The number of ketones is 1. The zero-order valence-corrected chi connectivity index (χ0v) is 15.9. The van der Waals surface area contributed by atoms with E-state index in [0.717, 1.165) is 34.3 Å². The molecular weight excluding hydrogens is 340 g/mol. The molecule has 0 saturated heterocycles. The predicted molar refractivity (Wildman–Crippen MR) is 108 cm³/mol. The lowest BCUT2D eigenvalue weighted by molar-refractivity contribution is 0.0982. The third-order valence-corrected chi connectivity index (χ3v) is 4.60. The number of hydrogen-bond acceptors (Lipinski definition) is 5. The van der Waals surface area contributed by atoms with Crippen molar-refractivity contribution in [2.24, 2.45) is 0 Å². The van der Waals surface area contributed by atoms with Crippen molar-refractivity contribution in [1.29, 1.82) is 0 Å². The molecule has 1 heterocycles. The molecule has 1 aromatic heterocycles. The van der Waals surface area contributed by atoms with Gasteiger partial charge in [-0.1, -0.05) is 31.2 Å². The van der Waals surface area contributed by atoms with E-state index in [1.54, 1.807) is 13.3 Å². The molecule has 0 spiro atoms. The maximum absolute atomic E-state index is 12.7. The molecule has 0 amide bonds. The second-order valence-corrected chi connectivity index (χ2v) is 6.51. The van der Waals surface area contributed by atoms with Crippen LogP contribution >= 0.6 is 0 Å². The van der Waals surface area contributed by atoms with Gasteiger partial charge >= 0.3 is 0 Å². The Labute approximate surface area is 159 Å². The normalized spacial score (nSPS) is 10.8. The van der Waals surface area contributed by atoms with Crippen LogP contribution < -0.4 is 10.1 Å². The summed E-state index contributed by atoms with van der Waals surface area (Å²) in [6, 6.07) is 11.4. The van der Waals surface area contributed by atoms with E-state index in [1.807, 2.05) is 50.2 Å². The lowest BCUT2D eigenvalue weighted by atomic mass is 10.0. The highest BCUT2D eigenvalue weighted by Gasteiger charge is 2.17. The molecule has 0 bridgehead atoms. The summed E-state index contributed by atoms with van der Waals surface area (Å²) in [7, 11) is 1.61. The van der Waals surface area contributed by atoms with Gasteiger partial charge in [-0.2, -0.15) is 0 Å². The Bertz CT molecular complexity index is 983. The summed E-state index contributed by atoms with van der Waals surface area (Å²) in [5.74, 6) is 0.707. The van der Waals surface area contributed by atoms with Crippen LogP contribution in [0.1, 0.15) is 41.3 Å². The van der Waals surface area contributed by atoms with Gasteiger partial charge in [0.25, 0.3) is 0 Å². The maximum atomic E-state index is 12.7. The number of benzene rings is 2. The highest BCUT2D eigenvalue weighted by molar-refractivity contribution is 6.09. The quantitative estimate of drug-likeness (QED) is 0.591. The minimum absolute atomic E-state index is 0.0402. The number of Topliss-reactive ketones (excluding diaryl/α,β-unsaturated/α-hetero) is 1. The van der Waals surface area contributed by atoms with Crippen LogP contribution in [0.15, 0.2) is 42.6 Å². The van der Waals surface area contributed by atoms with Crippen LogP contribution in [-0.2, 0) is 6.61 Å². The molecule has 0 unspecified atom stereocenters. The summed E-state index contributed by atoms with van der Waals surface area (Å²) >= 11 is 0. The van der Waals surface area contributed by atoms with Crippen molar-refractivity contribution in [2.75, 3.05) is 12.4 Å². The summed E-state index contributed by atoms with van der Waals surface area (Å²) in [5, 5.41) is 13.7. The monoisotopic (exact) mass is 364 g/mol. The van der Waals surface area contributed by atoms with Gasteiger partial charge in [-0.15, -0.1) is 0 Å². The van der Waals surface area contributed by atoms with E-state index in [4.69, 9.17) is 4.74 Å². The summed E-state index contributed by atoms with van der Waals surface area (Å²) in [5.41, 5.74) is 4.66. The number of hydrogen-bond donors (Lipinski definition) is 2. The Kier molecular flexibility index (Phi) is 5.72. The lowest BCUT2D eigenvalue weighted by Gasteiger charge is -2.17. The predicted octanol–water partition coefficient (Wildman–Crippen LogP) is 4.77. The van der Waals surface area contributed by atoms with E-state index < -0.39 is 0 Å². The van der Waals surface area contributed by atoms with E-state index >= 15 is 0 Å². The number of para-hydroxylation sites is 1. The topological polar surface area (TPSA) is 71.5 Å². The summed E-state index contributed by atoms with van der Waals surface area (Å²) in [6.45, 7) is 3.93. The zero-order chi connectivity index (χ0) is 19.4. The van der Waals surface area contributed by atoms with Crippen LogP contribution in [0.25, 0.3) is 10.9 Å². The van der Waals surface area contributed by atoms with Gasteiger partial charge in [-0.25, -0.2) is 0 Å². The Morgan fingerprint density at radius 3 is 2.78 bits per heavy atom. The summed E-state index contributed by atoms with van der Waals surface area (Å²) < 4.78 is 5.43. The van der Waals surface area contributed by atoms with E-state index in [2.05, 4.69) is 10.3 Å². The first-order valence-electron chi connectivity index (χ1n) is 9.05. The van der Waals surface area contributed by atoms with Crippen LogP contribution in [-0.4, -0.2) is 23.0 Å². The van der Waals surface area contributed by atoms with Crippen LogP contribution in [0.2, 0.25) is 0 Å². The molecular formula is C22H24N2O3. The SMILES string of the molecule is CCCC(=O)c1cnc2c(OC)cccc2c1Nc1cc(CO)ccc1C. The first kappa shape index (κ1) is 18.9. The average Bonchev–Trinajstić information content (AvgIpc) is 2.69. The van der Waals surface area contributed by atoms with Gasteiger partial charge in [0.05, 0.1) is 25.0 Å². The Balaban J connectivity index is 2.21. The van der Waals surface area contributed by atoms with E-state index in [-0.39, 0.29) is 12.4 Å². The molecule has 5 heteroatoms. The smallest absolute Gasteiger partial charge is 0.166 e. The van der Waals surface area contributed by atoms with Crippen molar-refractivity contribution < 1.29 is 14.6 Å². The summed E-state index contributed by atoms with van der Waals surface area (Å²) in [4.78, 5) is 17.2. The number of carbonyl (C=O) groups excluding carboxylic acids is 1. The Morgan fingerprint density at radius 1 is 1.26 bits per heavy atom. The highest BCUT2D eigenvalue weighted by Crippen LogP contribution is 2.35. The van der Waals surface area contributed by atoms with Crippen LogP contribution in [0, 0.1) is 6.92 Å². The molecule has 3 rings (SSSR count). The number of aliphatic hydroxyl groups excluding tert-OH is 1. The third-order valence-electron chi connectivity index (χ3n) is 4.60. The van der Waals surface area contributed by atoms with Crippen molar-refractivity contribution in [3.8, 4) is 5.75 Å². The van der Waals surface area contributed by atoms with E-state index in [0.29, 0.717) is 23.3 Å². The molecule has 140 valence electrons. The number of pyridine rings is 1. The van der Waals surface area contributed by atoms with Gasteiger partial charge in [-0.05, 0) is 36.6 Å². The van der Waals surface area contributed by atoms with Crippen molar-refractivity contribution >= 4 is 28.1 Å². The number of anilines is 2. The minimum Gasteiger partial charge on any atom is -0.494 e. The van der Waals surface area contributed by atoms with Crippen molar-refractivity contribution in [3.05, 3.63) is 59.3 Å². The number of carbonyl (C=O) groups is 1. The number of nitrogens with zero attached hydrogens (tertiary/aromatic N) is 1. The van der Waals surface area contributed by atoms with Gasteiger partial charge in [-0.3, -0.25) is 9.78 Å². The van der Waals surface area contributed by atoms with E-state index in [1.165, 1.54) is 0 Å². The number of fused-ring (bicyclic) bond motifs is 1. The fraction of sp³-hybridized carbons (Fsp3) is 0.273. The molecule has 0 fully saturated rings. The number of rotatable bonds is 7. The first-order chi connectivity index (χ1) is 13.1. The zero-order valence-electron chi connectivity index (χ0n) is 15.9. The van der Waals surface area contributed by atoms with Crippen molar-refractivity contribution in [1.82, 2.24) is 4.98 Å². The number of aryl methyl sites for hydroxylation is 1. The van der Waals surface area contributed by atoms with Crippen LogP contribution in [0.4, 0.5) is 11.4 Å². The van der Waals surface area contributed by atoms with Crippen LogP contribution in [0.3, 0.4) is 0 Å². The first-order valence-corrected chi connectivity index (χ1v) is 9.05. The van der Waals surface area contributed by atoms with Gasteiger partial charge in [0.1, 0.15) is 11.3 Å². The molecule has 0 aliphatic heterocycles. The summed E-state index contributed by atoms with van der Waals surface area (Å²) in [6.07, 6.45) is 2.85. The van der Waals surface area contributed by atoms with Gasteiger partial charge in [0.2, 0.25) is 0 Å². The third kappa shape index (κ3) is 3.78. The standard InChI is InChI=1S/C22H24N2O3/c1-4-6-19(26)17-12-23-22-16(7-5-8-20(22)27-3)21(17)24-18-11-15(13-25)10-9-14(18)2/h5,7-12,25H,4,6,13H2,1-3H3,(H,23,24). The Hall–Kier alpha value is -2.92. The van der Waals surface area contributed by atoms with Gasteiger partial charge < -0.3 is 15.2 Å². The molecule has 0 aliphatic rings. The molecule has 0 aliphatic carbocycles. The van der Waals surface area contributed by atoms with Gasteiger partial charge in [0.15, 0.2) is 5.78 Å². The van der Waals surface area contributed by atoms with E-state index in [9.17, 15) is 9.90 Å². The maximum Gasteiger partial charge on any atom is 0.166 e. The number of nitrogens with one attached hydrogen (secondary N) is 1. The Morgan fingerprint density at radius 2 is 2.07 bits per heavy atom. The molecule has 0 atom stereocenters. The second kappa shape index (κ2) is 8.18. The lowest BCUT2D eigenvalue weighted by Crippen LogP contribution is -2.07. The van der Waals surface area contributed by atoms with Crippen molar-refractivity contribution in [3.63, 3.8) is 0 Å². The highest BCUT2D eigenvalue weighted by atomic mass is 16.5. The minimum atomic E-state index is -0.0402. The fourth-order valence-corrected chi connectivity index (χ4v) is 3.11.